The summed E-state index contributed by atoms with van der Waals surface area (Å²) in [5.41, 5.74) is -0.273. The average molecular weight is 456 g/mol. The molecule has 0 saturated heterocycles. The van der Waals surface area contributed by atoms with Crippen LogP contribution in [0.5, 0.6) is 0 Å². The summed E-state index contributed by atoms with van der Waals surface area (Å²) in [5.74, 6) is -0.686. The van der Waals surface area contributed by atoms with E-state index in [1.807, 2.05) is 12.1 Å². The van der Waals surface area contributed by atoms with E-state index in [2.05, 4.69) is 49.9 Å². The highest BCUT2D eigenvalue weighted by Gasteiger charge is 2.15. The van der Waals surface area contributed by atoms with Gasteiger partial charge in [-0.25, -0.2) is 9.59 Å². The Morgan fingerprint density at radius 3 is 2.65 bits per heavy atom. The smallest absolute Gasteiger partial charge is 0.351 e. The van der Waals surface area contributed by atoms with Crippen molar-refractivity contribution in [3.05, 3.63) is 41.3 Å². The minimum atomic E-state index is -0.686. The van der Waals surface area contributed by atoms with Crippen molar-refractivity contribution in [2.75, 3.05) is 7.11 Å². The van der Waals surface area contributed by atoms with Gasteiger partial charge in [-0.3, -0.25) is 0 Å². The first kappa shape index (κ1) is 12.8. The molecule has 6 heteroatoms. The molecule has 17 heavy (non-hydrogen) atoms. The largest absolute Gasteiger partial charge is 0.465 e. The second-order valence-corrected chi connectivity index (χ2v) is 5.65. The van der Waals surface area contributed by atoms with Crippen LogP contribution in [0.3, 0.4) is 0 Å². The lowest BCUT2D eigenvalue weighted by Gasteiger charge is -2.03. The molecule has 1 aromatic heterocycles. The monoisotopic (exact) mass is 456 g/mol. The zero-order chi connectivity index (χ0) is 12.6. The summed E-state index contributed by atoms with van der Waals surface area (Å²) in [4.78, 5) is 23.0. The van der Waals surface area contributed by atoms with Crippen LogP contribution in [0.2, 0.25) is 0 Å². The highest BCUT2D eigenvalue weighted by Crippen LogP contribution is 2.23. The van der Waals surface area contributed by atoms with Crippen molar-refractivity contribution in [3.63, 3.8) is 0 Å². The molecule has 0 bridgehead atoms. The molecule has 88 valence electrons. The van der Waals surface area contributed by atoms with E-state index in [0.29, 0.717) is 11.0 Å². The first-order valence-corrected chi connectivity index (χ1v) is 6.70. The van der Waals surface area contributed by atoms with E-state index < -0.39 is 11.6 Å². The maximum Gasteiger partial charge on any atom is 0.351 e. The number of rotatable bonds is 1. The molecule has 0 fully saturated rings. The fourth-order valence-corrected chi connectivity index (χ4v) is 3.41. The molecule has 0 unspecified atom stereocenters. The van der Waals surface area contributed by atoms with E-state index in [9.17, 15) is 9.59 Å². The zero-order valence-corrected chi connectivity index (χ0v) is 12.9. The van der Waals surface area contributed by atoms with E-state index in [1.54, 1.807) is 0 Å². The number of esters is 1. The van der Waals surface area contributed by atoms with Crippen LogP contribution in [0.4, 0.5) is 0 Å². The number of hydrogen-bond donors (Lipinski definition) is 0. The number of hydrogen-bond acceptors (Lipinski definition) is 4. The number of ether oxygens (including phenoxy) is 1. The predicted octanol–water partition coefficient (Wildman–Crippen LogP) is 2.79. The molecule has 0 spiro atoms. The lowest BCUT2D eigenvalue weighted by atomic mass is 10.2. The molecule has 0 N–H and O–H groups in total. The number of halogens is 2. The van der Waals surface area contributed by atoms with Crippen molar-refractivity contribution in [2.45, 2.75) is 0 Å². The number of carbonyl (C=O) groups excluding carboxylic acids is 1. The first-order valence-electron chi connectivity index (χ1n) is 4.54. The summed E-state index contributed by atoms with van der Waals surface area (Å²) >= 11 is 4.24. The van der Waals surface area contributed by atoms with E-state index >= 15 is 0 Å². The van der Waals surface area contributed by atoms with Gasteiger partial charge in [0.05, 0.1) is 10.7 Å². The summed E-state index contributed by atoms with van der Waals surface area (Å²) < 4.78 is 11.5. The summed E-state index contributed by atoms with van der Waals surface area (Å²) in [5, 5.41) is 0.710. The Labute approximate surface area is 124 Å². The minimum Gasteiger partial charge on any atom is -0.465 e. The Balaban J connectivity index is 2.81. The molecule has 2 rings (SSSR count). The Kier molecular flexibility index (Phi) is 3.71. The molecule has 0 saturated carbocycles. The van der Waals surface area contributed by atoms with Crippen LogP contribution in [0.25, 0.3) is 11.0 Å². The van der Waals surface area contributed by atoms with E-state index in [4.69, 9.17) is 4.42 Å². The van der Waals surface area contributed by atoms with Crippen molar-refractivity contribution < 1.29 is 13.9 Å². The number of carbonyl (C=O) groups is 1. The molecule has 0 amide bonds. The molecule has 0 aliphatic rings. The van der Waals surface area contributed by atoms with Crippen LogP contribution in [0.15, 0.2) is 27.4 Å². The maximum absolute atomic E-state index is 11.6. The van der Waals surface area contributed by atoms with Gasteiger partial charge in [-0.1, -0.05) is 0 Å². The third-order valence-corrected chi connectivity index (χ3v) is 3.58. The quantitative estimate of drug-likeness (QED) is 0.377. The maximum atomic E-state index is 11.6. The highest BCUT2D eigenvalue weighted by molar-refractivity contribution is 14.1. The molecule has 0 aliphatic heterocycles. The van der Waals surface area contributed by atoms with E-state index in [-0.39, 0.29) is 5.56 Å². The summed E-state index contributed by atoms with van der Waals surface area (Å²) in [6.45, 7) is 0. The fourth-order valence-electron chi connectivity index (χ4n) is 1.41. The number of fused-ring (bicyclic) bond motifs is 1. The summed E-state index contributed by atoms with van der Waals surface area (Å²) in [6, 6.07) is 5.23. The average Bonchev–Trinajstić information content (AvgIpc) is 2.28. The Morgan fingerprint density at radius 2 is 2.00 bits per heavy atom. The third-order valence-electron chi connectivity index (χ3n) is 2.16. The molecule has 1 aromatic carbocycles. The van der Waals surface area contributed by atoms with Crippen LogP contribution < -0.4 is 5.63 Å². The van der Waals surface area contributed by atoms with Gasteiger partial charge in [0, 0.05) is 8.96 Å². The molecule has 2 aromatic rings. The number of benzene rings is 1. The molecule has 1 heterocycles. The second-order valence-electron chi connectivity index (χ2n) is 3.25. The van der Waals surface area contributed by atoms with Crippen LogP contribution in [0, 0.1) is 7.14 Å². The Hall–Kier alpha value is -0.640. The van der Waals surface area contributed by atoms with Crippen molar-refractivity contribution in [1.82, 2.24) is 0 Å². The zero-order valence-electron chi connectivity index (χ0n) is 8.62. The molecule has 0 radical (unpaired) electrons. The van der Waals surface area contributed by atoms with Gasteiger partial charge in [0.2, 0.25) is 0 Å². The van der Waals surface area contributed by atoms with Crippen LogP contribution in [-0.4, -0.2) is 13.1 Å². The van der Waals surface area contributed by atoms with Crippen LogP contribution in [-0.2, 0) is 4.74 Å². The van der Waals surface area contributed by atoms with Crippen molar-refractivity contribution in [2.24, 2.45) is 0 Å². The lowest BCUT2D eigenvalue weighted by molar-refractivity contribution is 0.0596. The standard InChI is InChI=1S/C11H6I2O4/c1-16-10(14)7-3-5-2-6(12)4-8(13)9(5)17-11(7)15/h2-4H,1H3. The van der Waals surface area contributed by atoms with Gasteiger partial charge in [-0.2, -0.15) is 0 Å². The highest BCUT2D eigenvalue weighted by atomic mass is 127. The number of methoxy groups -OCH3 is 1. The Bertz CT molecular complexity index is 660. The van der Waals surface area contributed by atoms with Gasteiger partial charge in [-0.15, -0.1) is 0 Å². The van der Waals surface area contributed by atoms with Gasteiger partial charge < -0.3 is 9.15 Å². The van der Waals surface area contributed by atoms with Crippen LogP contribution >= 0.6 is 45.2 Å². The van der Waals surface area contributed by atoms with Crippen molar-refractivity contribution in [1.29, 1.82) is 0 Å². The summed E-state index contributed by atoms with van der Waals surface area (Å²) in [6.07, 6.45) is 0. The summed E-state index contributed by atoms with van der Waals surface area (Å²) in [7, 11) is 1.23. The van der Waals surface area contributed by atoms with Crippen molar-refractivity contribution >= 4 is 62.1 Å². The lowest BCUT2D eigenvalue weighted by Crippen LogP contribution is -2.15. The van der Waals surface area contributed by atoms with E-state index in [1.165, 1.54) is 13.2 Å². The molecule has 0 atom stereocenters. The topological polar surface area (TPSA) is 56.5 Å². The van der Waals surface area contributed by atoms with Gasteiger partial charge in [0.1, 0.15) is 5.56 Å². The van der Waals surface area contributed by atoms with Crippen LogP contribution in [0.1, 0.15) is 10.4 Å². The molecule has 0 aliphatic carbocycles. The molecular weight excluding hydrogens is 450 g/mol. The van der Waals surface area contributed by atoms with Gasteiger partial charge in [0.15, 0.2) is 5.58 Å². The van der Waals surface area contributed by atoms with E-state index in [0.717, 1.165) is 7.14 Å². The Morgan fingerprint density at radius 1 is 1.29 bits per heavy atom. The minimum absolute atomic E-state index is 0.0854. The SMILES string of the molecule is COC(=O)c1cc2cc(I)cc(I)c2oc1=O. The first-order chi connectivity index (χ1) is 8.02. The second kappa shape index (κ2) is 4.92. The molecular formula is C11H6I2O4. The normalized spacial score (nSPS) is 10.5. The van der Waals surface area contributed by atoms with Gasteiger partial charge in [0.25, 0.3) is 0 Å². The third kappa shape index (κ3) is 2.46. The van der Waals surface area contributed by atoms with Gasteiger partial charge in [-0.05, 0) is 63.4 Å². The van der Waals surface area contributed by atoms with Crippen molar-refractivity contribution in [3.8, 4) is 0 Å². The van der Waals surface area contributed by atoms with Gasteiger partial charge >= 0.3 is 11.6 Å². The molecule has 4 nitrogen and oxygen atoms in total. The fraction of sp³-hybridized carbons (Fsp3) is 0.0909. The predicted molar refractivity (Wildman–Crippen MR) is 79.3 cm³/mol.